The highest BCUT2D eigenvalue weighted by atomic mass is 35.5. The van der Waals surface area contributed by atoms with Crippen LogP contribution in [0.3, 0.4) is 0 Å². The molecule has 0 spiro atoms. The van der Waals surface area contributed by atoms with E-state index in [0.29, 0.717) is 29.9 Å². The monoisotopic (exact) mass is 478 g/mol. The normalized spacial score (nSPS) is 14.3. The number of aromatic nitrogens is 3. The molecular weight excluding hydrogens is 455 g/mol. The summed E-state index contributed by atoms with van der Waals surface area (Å²) in [5, 5.41) is 4.09. The van der Waals surface area contributed by atoms with Crippen LogP contribution in [-0.2, 0) is 4.74 Å². The summed E-state index contributed by atoms with van der Waals surface area (Å²) in [6, 6.07) is 14.0. The van der Waals surface area contributed by atoms with Gasteiger partial charge >= 0.3 is 0 Å². The molecule has 4 aromatic rings. The van der Waals surface area contributed by atoms with Crippen molar-refractivity contribution >= 4 is 34.0 Å². The topological polar surface area (TPSA) is 69.2 Å². The Labute approximate surface area is 202 Å². The van der Waals surface area contributed by atoms with E-state index in [0.717, 1.165) is 54.7 Å². The van der Waals surface area contributed by atoms with E-state index in [1.165, 1.54) is 12.1 Å². The minimum absolute atomic E-state index is 0.0352. The Morgan fingerprint density at radius 2 is 1.97 bits per heavy atom. The first kappa shape index (κ1) is 22.5. The lowest BCUT2D eigenvalue weighted by Crippen LogP contribution is -2.17. The maximum atomic E-state index is 13.7. The van der Waals surface area contributed by atoms with Gasteiger partial charge in [0.25, 0.3) is 0 Å². The molecule has 0 bridgehead atoms. The van der Waals surface area contributed by atoms with Crippen LogP contribution in [0.25, 0.3) is 22.3 Å². The van der Waals surface area contributed by atoms with Gasteiger partial charge in [-0.2, -0.15) is 0 Å². The third-order valence-corrected chi connectivity index (χ3v) is 6.19. The first-order valence-corrected chi connectivity index (χ1v) is 11.7. The van der Waals surface area contributed by atoms with Gasteiger partial charge in [0.2, 0.25) is 0 Å². The Bertz CT molecular complexity index is 1280. The van der Waals surface area contributed by atoms with E-state index in [1.807, 2.05) is 30.3 Å². The smallest absolute Gasteiger partial charge is 0.163 e. The van der Waals surface area contributed by atoms with Crippen molar-refractivity contribution in [2.24, 2.45) is 5.92 Å². The Hall–Kier alpha value is -3.29. The van der Waals surface area contributed by atoms with Crippen molar-refractivity contribution in [3.05, 3.63) is 71.8 Å². The van der Waals surface area contributed by atoms with E-state index in [4.69, 9.17) is 31.0 Å². The fraction of sp³-hybridized carbons (Fsp3) is 0.269. The summed E-state index contributed by atoms with van der Waals surface area (Å²) in [6.07, 6.45) is 6.58. The summed E-state index contributed by atoms with van der Waals surface area (Å²) >= 11 is 5.99. The van der Waals surface area contributed by atoms with Crippen molar-refractivity contribution in [3.63, 3.8) is 0 Å². The second-order valence-corrected chi connectivity index (χ2v) is 8.67. The minimum atomic E-state index is -0.476. The summed E-state index contributed by atoms with van der Waals surface area (Å²) in [5.41, 5.74) is 2.16. The molecule has 5 rings (SSSR count). The van der Waals surface area contributed by atoms with Gasteiger partial charge in [-0.05, 0) is 73.7 Å². The third kappa shape index (κ3) is 5.26. The van der Waals surface area contributed by atoms with Crippen LogP contribution in [0.2, 0.25) is 5.02 Å². The largest absolute Gasteiger partial charge is 0.494 e. The van der Waals surface area contributed by atoms with E-state index in [2.05, 4.69) is 10.3 Å². The summed E-state index contributed by atoms with van der Waals surface area (Å²) < 4.78 is 25.2. The quantitative estimate of drug-likeness (QED) is 0.330. The number of fused-ring (bicyclic) bond motifs is 1. The second-order valence-electron chi connectivity index (χ2n) is 8.26. The highest BCUT2D eigenvalue weighted by Crippen LogP contribution is 2.31. The molecule has 3 heterocycles. The third-order valence-electron chi connectivity index (χ3n) is 5.90. The second kappa shape index (κ2) is 10.3. The van der Waals surface area contributed by atoms with Crippen LogP contribution in [0, 0.1) is 11.7 Å². The van der Waals surface area contributed by atoms with Gasteiger partial charge in [0.1, 0.15) is 17.4 Å². The molecular formula is C26H24ClFN4O2. The van der Waals surface area contributed by atoms with Gasteiger partial charge in [-0.25, -0.2) is 14.4 Å². The number of nitrogens with one attached hydrogen (secondary N) is 1. The van der Waals surface area contributed by atoms with Crippen molar-refractivity contribution in [1.82, 2.24) is 15.0 Å². The molecule has 1 aliphatic heterocycles. The number of ether oxygens (including phenoxy) is 2. The van der Waals surface area contributed by atoms with Crippen molar-refractivity contribution in [3.8, 4) is 17.1 Å². The standard InChI is InChI=1S/C26H24ClFN4O2/c27-22-14-19(3-5-23(22)28)30-26-21-15-20(34-13-9-17-7-11-33-12-8-17)4-6-24(21)31-25(32-26)18-2-1-10-29-16-18/h1-6,10,14-17H,7-9,11-13H2,(H,30,31,32). The van der Waals surface area contributed by atoms with E-state index in [-0.39, 0.29) is 5.02 Å². The zero-order chi connectivity index (χ0) is 23.3. The van der Waals surface area contributed by atoms with Crippen LogP contribution in [-0.4, -0.2) is 34.8 Å². The Kier molecular flexibility index (Phi) is 6.83. The summed E-state index contributed by atoms with van der Waals surface area (Å²) in [6.45, 7) is 2.31. The van der Waals surface area contributed by atoms with Gasteiger partial charge in [0.15, 0.2) is 5.82 Å². The average Bonchev–Trinajstić information content (AvgIpc) is 2.87. The molecule has 1 aliphatic rings. The van der Waals surface area contributed by atoms with Gasteiger partial charge in [0.05, 0.1) is 17.1 Å². The minimum Gasteiger partial charge on any atom is -0.494 e. The Morgan fingerprint density at radius 1 is 1.09 bits per heavy atom. The first-order valence-electron chi connectivity index (χ1n) is 11.3. The van der Waals surface area contributed by atoms with Gasteiger partial charge in [0, 0.05) is 42.2 Å². The molecule has 1 N–H and O–H groups in total. The molecule has 2 aromatic carbocycles. The molecule has 8 heteroatoms. The number of hydrogen-bond acceptors (Lipinski definition) is 6. The lowest BCUT2D eigenvalue weighted by Gasteiger charge is -2.21. The summed E-state index contributed by atoms with van der Waals surface area (Å²) in [7, 11) is 0. The Morgan fingerprint density at radius 3 is 2.76 bits per heavy atom. The van der Waals surface area contributed by atoms with Gasteiger partial charge < -0.3 is 14.8 Å². The predicted molar refractivity (Wildman–Crippen MR) is 131 cm³/mol. The number of hydrogen-bond donors (Lipinski definition) is 1. The van der Waals surface area contributed by atoms with Crippen molar-refractivity contribution < 1.29 is 13.9 Å². The summed E-state index contributed by atoms with van der Waals surface area (Å²) in [5.74, 6) is 2.01. The van der Waals surface area contributed by atoms with Crippen LogP contribution in [0.1, 0.15) is 19.3 Å². The maximum Gasteiger partial charge on any atom is 0.163 e. The van der Waals surface area contributed by atoms with Crippen LogP contribution < -0.4 is 10.1 Å². The van der Waals surface area contributed by atoms with Crippen LogP contribution in [0.5, 0.6) is 5.75 Å². The molecule has 174 valence electrons. The number of anilines is 2. The van der Waals surface area contributed by atoms with E-state index >= 15 is 0 Å². The first-order chi connectivity index (χ1) is 16.7. The molecule has 34 heavy (non-hydrogen) atoms. The van der Waals surface area contributed by atoms with Crippen LogP contribution >= 0.6 is 11.6 Å². The van der Waals surface area contributed by atoms with E-state index in [9.17, 15) is 4.39 Å². The lowest BCUT2D eigenvalue weighted by molar-refractivity contribution is 0.0593. The van der Waals surface area contributed by atoms with Gasteiger partial charge in [-0.15, -0.1) is 0 Å². The van der Waals surface area contributed by atoms with Crippen molar-refractivity contribution in [2.45, 2.75) is 19.3 Å². The van der Waals surface area contributed by atoms with Crippen molar-refractivity contribution in [2.75, 3.05) is 25.1 Å². The zero-order valence-electron chi connectivity index (χ0n) is 18.5. The van der Waals surface area contributed by atoms with Crippen molar-refractivity contribution in [1.29, 1.82) is 0 Å². The van der Waals surface area contributed by atoms with Gasteiger partial charge in [-0.3, -0.25) is 4.98 Å². The fourth-order valence-electron chi connectivity index (χ4n) is 4.01. The molecule has 0 aliphatic carbocycles. The number of halogens is 2. The molecule has 2 aromatic heterocycles. The fourth-order valence-corrected chi connectivity index (χ4v) is 4.19. The molecule has 1 fully saturated rings. The van der Waals surface area contributed by atoms with E-state index in [1.54, 1.807) is 18.5 Å². The highest BCUT2D eigenvalue weighted by Gasteiger charge is 2.15. The molecule has 0 amide bonds. The average molecular weight is 479 g/mol. The maximum absolute atomic E-state index is 13.7. The molecule has 0 unspecified atom stereocenters. The molecule has 0 radical (unpaired) electrons. The molecule has 6 nitrogen and oxygen atoms in total. The molecule has 1 saturated heterocycles. The van der Waals surface area contributed by atoms with Crippen LogP contribution in [0.4, 0.5) is 15.9 Å². The molecule has 0 atom stereocenters. The number of benzene rings is 2. The molecule has 0 saturated carbocycles. The van der Waals surface area contributed by atoms with E-state index < -0.39 is 5.82 Å². The SMILES string of the molecule is Fc1ccc(Nc2nc(-c3cccnc3)nc3ccc(OCCC4CCOCC4)cc23)cc1Cl. The summed E-state index contributed by atoms with van der Waals surface area (Å²) in [4.78, 5) is 13.6. The van der Waals surface area contributed by atoms with Crippen LogP contribution in [0.15, 0.2) is 60.9 Å². The number of nitrogens with zero attached hydrogens (tertiary/aromatic N) is 3. The zero-order valence-corrected chi connectivity index (χ0v) is 19.3. The lowest BCUT2D eigenvalue weighted by atomic mass is 9.97. The number of rotatable bonds is 7. The number of pyridine rings is 1. The van der Waals surface area contributed by atoms with Gasteiger partial charge in [-0.1, -0.05) is 11.6 Å². The Balaban J connectivity index is 1.45. The predicted octanol–water partition coefficient (Wildman–Crippen LogP) is 6.42. The highest BCUT2D eigenvalue weighted by molar-refractivity contribution is 6.31.